The highest BCUT2D eigenvalue weighted by atomic mass is 16.6. The Balaban J connectivity index is 1.42. The van der Waals surface area contributed by atoms with E-state index in [9.17, 15) is 4.79 Å². The fourth-order valence-electron chi connectivity index (χ4n) is 4.71. The summed E-state index contributed by atoms with van der Waals surface area (Å²) in [5, 5.41) is 5.70. The second-order valence-corrected chi connectivity index (χ2v) is 10.4. The Morgan fingerprint density at radius 3 is 2.32 bits per heavy atom. The van der Waals surface area contributed by atoms with Crippen molar-refractivity contribution in [3.05, 3.63) is 30.0 Å². The van der Waals surface area contributed by atoms with Crippen LogP contribution in [0, 0.1) is 6.92 Å². The van der Waals surface area contributed by atoms with Crippen LogP contribution in [0.1, 0.15) is 26.3 Å². The maximum atomic E-state index is 12.5. The van der Waals surface area contributed by atoms with Gasteiger partial charge in [0.15, 0.2) is 5.82 Å². The third-order valence-corrected chi connectivity index (χ3v) is 6.57. The summed E-state index contributed by atoms with van der Waals surface area (Å²) in [6.07, 6.45) is 1.57. The third-order valence-electron chi connectivity index (χ3n) is 6.57. The summed E-state index contributed by atoms with van der Waals surface area (Å²) in [4.78, 5) is 27.9. The van der Waals surface area contributed by atoms with Gasteiger partial charge >= 0.3 is 12.1 Å². The number of benzene rings is 1. The number of amides is 1. The van der Waals surface area contributed by atoms with Crippen molar-refractivity contribution < 1.29 is 19.0 Å². The smallest absolute Gasteiger partial charge is 0.410 e. The normalized spacial score (nSPS) is 16.8. The second-order valence-electron chi connectivity index (χ2n) is 10.4. The summed E-state index contributed by atoms with van der Waals surface area (Å²) >= 11 is 0. The average Bonchev–Trinajstić information content (AvgIpc) is 3.30. The topological polar surface area (TPSA) is 98.1 Å². The first-order chi connectivity index (χ1) is 17.7. The first-order valence-corrected chi connectivity index (χ1v) is 12.7. The number of hydrogen-bond donors (Lipinski definition) is 0. The number of rotatable bonds is 4. The molecular formula is C26H35N7O4. The maximum absolute atomic E-state index is 12.5. The molecule has 0 saturated carbocycles. The van der Waals surface area contributed by atoms with Gasteiger partial charge in [0, 0.05) is 56.4 Å². The van der Waals surface area contributed by atoms with E-state index in [0.29, 0.717) is 32.0 Å². The van der Waals surface area contributed by atoms with Gasteiger partial charge in [-0.3, -0.25) is 0 Å². The molecule has 11 nitrogen and oxygen atoms in total. The Morgan fingerprint density at radius 1 is 0.946 bits per heavy atom. The average molecular weight is 510 g/mol. The lowest BCUT2D eigenvalue weighted by Crippen LogP contribution is -2.50. The van der Waals surface area contributed by atoms with Crippen molar-refractivity contribution in [2.45, 2.75) is 33.3 Å². The van der Waals surface area contributed by atoms with Gasteiger partial charge in [0.2, 0.25) is 0 Å². The van der Waals surface area contributed by atoms with Crippen LogP contribution in [0.25, 0.3) is 16.7 Å². The van der Waals surface area contributed by atoms with Crippen molar-refractivity contribution >= 4 is 28.5 Å². The molecule has 11 heteroatoms. The molecule has 0 aliphatic carbocycles. The number of aromatic nitrogens is 4. The summed E-state index contributed by atoms with van der Waals surface area (Å²) in [5.41, 5.74) is 2.83. The minimum atomic E-state index is -0.518. The summed E-state index contributed by atoms with van der Waals surface area (Å²) in [6, 6.07) is 6.54. The number of morpholine rings is 1. The van der Waals surface area contributed by atoms with E-state index in [-0.39, 0.29) is 12.1 Å². The molecule has 2 aliphatic heterocycles. The van der Waals surface area contributed by atoms with E-state index in [4.69, 9.17) is 14.2 Å². The van der Waals surface area contributed by atoms with Crippen LogP contribution in [0.15, 0.2) is 24.4 Å². The summed E-state index contributed by atoms with van der Waals surface area (Å²) in [6.45, 7) is 13.3. The second kappa shape index (κ2) is 10.0. The number of nitrogens with zero attached hydrogens (tertiary/aromatic N) is 7. The van der Waals surface area contributed by atoms with Crippen LogP contribution in [0.3, 0.4) is 0 Å². The molecule has 198 valence electrons. The first-order valence-electron chi connectivity index (χ1n) is 12.7. The lowest BCUT2D eigenvalue weighted by Gasteiger charge is -2.36. The molecule has 1 amide bonds. The van der Waals surface area contributed by atoms with Gasteiger partial charge in [-0.15, -0.1) is 0 Å². The van der Waals surface area contributed by atoms with E-state index in [2.05, 4.69) is 43.9 Å². The molecule has 0 atom stereocenters. The highest BCUT2D eigenvalue weighted by Gasteiger charge is 2.27. The summed E-state index contributed by atoms with van der Waals surface area (Å²) < 4.78 is 18.4. The molecule has 0 N–H and O–H groups in total. The highest BCUT2D eigenvalue weighted by Crippen LogP contribution is 2.30. The largest absolute Gasteiger partial charge is 0.467 e. The Kier molecular flexibility index (Phi) is 6.80. The number of hydrogen-bond acceptors (Lipinski definition) is 9. The van der Waals surface area contributed by atoms with Crippen molar-refractivity contribution in [3.8, 4) is 11.8 Å². The molecule has 37 heavy (non-hydrogen) atoms. The molecule has 4 heterocycles. The number of anilines is 2. The maximum Gasteiger partial charge on any atom is 0.410 e. The van der Waals surface area contributed by atoms with Crippen molar-refractivity contribution in [3.63, 3.8) is 0 Å². The van der Waals surface area contributed by atoms with E-state index in [1.165, 1.54) is 11.3 Å². The highest BCUT2D eigenvalue weighted by molar-refractivity contribution is 5.85. The minimum absolute atomic E-state index is 0.270. The van der Waals surface area contributed by atoms with E-state index in [1.807, 2.05) is 37.7 Å². The van der Waals surface area contributed by atoms with E-state index < -0.39 is 5.60 Å². The Hall–Kier alpha value is -3.60. The van der Waals surface area contributed by atoms with Crippen LogP contribution in [0.2, 0.25) is 0 Å². The van der Waals surface area contributed by atoms with Gasteiger partial charge in [-0.05, 0) is 45.4 Å². The fourth-order valence-corrected chi connectivity index (χ4v) is 4.71. The zero-order valence-electron chi connectivity index (χ0n) is 22.2. The Bertz CT molecular complexity index is 1270. The van der Waals surface area contributed by atoms with Crippen LogP contribution in [0.4, 0.5) is 16.3 Å². The van der Waals surface area contributed by atoms with Crippen molar-refractivity contribution in [1.29, 1.82) is 0 Å². The van der Waals surface area contributed by atoms with Crippen LogP contribution in [-0.4, -0.2) is 95.9 Å². The lowest BCUT2D eigenvalue weighted by molar-refractivity contribution is 0.0240. The Morgan fingerprint density at radius 2 is 1.65 bits per heavy atom. The van der Waals surface area contributed by atoms with Gasteiger partial charge in [0.1, 0.15) is 11.4 Å². The van der Waals surface area contributed by atoms with E-state index >= 15 is 0 Å². The van der Waals surface area contributed by atoms with Crippen molar-refractivity contribution in [2.24, 2.45) is 0 Å². The van der Waals surface area contributed by atoms with Gasteiger partial charge in [-0.2, -0.15) is 15.1 Å². The van der Waals surface area contributed by atoms with E-state index in [0.717, 1.165) is 43.0 Å². The molecule has 2 saturated heterocycles. The number of carbonyl (C=O) groups is 1. The predicted octanol–water partition coefficient (Wildman–Crippen LogP) is 3.03. The molecule has 5 rings (SSSR count). The Labute approximate surface area is 216 Å². The zero-order valence-corrected chi connectivity index (χ0v) is 22.2. The molecular weight excluding hydrogens is 474 g/mol. The molecule has 0 bridgehead atoms. The quantitative estimate of drug-likeness (QED) is 0.526. The van der Waals surface area contributed by atoms with Crippen LogP contribution < -0.4 is 14.5 Å². The fraction of sp³-hybridized carbons (Fsp3) is 0.538. The SMILES string of the molecule is COc1nc(N2CCN(C(=O)OC(C)(C)C)CC2)cc(-n2ncc3cc(C)c(N4CCOCC4)cc32)n1. The number of carbonyl (C=O) groups excluding carboxylic acids is 1. The molecule has 3 aromatic rings. The van der Waals surface area contributed by atoms with Gasteiger partial charge in [0.25, 0.3) is 0 Å². The first kappa shape index (κ1) is 25.1. The molecule has 0 unspecified atom stereocenters. The van der Waals surface area contributed by atoms with Crippen LogP contribution in [-0.2, 0) is 9.47 Å². The molecule has 2 aromatic heterocycles. The van der Waals surface area contributed by atoms with Crippen LogP contribution >= 0.6 is 0 Å². The summed E-state index contributed by atoms with van der Waals surface area (Å²) in [7, 11) is 1.56. The molecule has 0 spiro atoms. The van der Waals surface area contributed by atoms with Gasteiger partial charge in [-0.25, -0.2) is 9.48 Å². The zero-order chi connectivity index (χ0) is 26.2. The molecule has 1 aromatic carbocycles. The molecule has 0 radical (unpaired) electrons. The third kappa shape index (κ3) is 5.41. The molecule has 2 fully saturated rings. The summed E-state index contributed by atoms with van der Waals surface area (Å²) in [5.74, 6) is 1.36. The van der Waals surface area contributed by atoms with Crippen molar-refractivity contribution in [2.75, 3.05) is 69.4 Å². The predicted molar refractivity (Wildman–Crippen MR) is 141 cm³/mol. The monoisotopic (exact) mass is 509 g/mol. The van der Waals surface area contributed by atoms with Gasteiger partial charge in [-0.1, -0.05) is 0 Å². The number of ether oxygens (including phenoxy) is 3. The molecule has 2 aliphatic rings. The van der Waals surface area contributed by atoms with E-state index in [1.54, 1.807) is 12.0 Å². The lowest BCUT2D eigenvalue weighted by atomic mass is 10.1. The number of methoxy groups -OCH3 is 1. The number of fused-ring (bicyclic) bond motifs is 1. The number of aryl methyl sites for hydroxylation is 1. The minimum Gasteiger partial charge on any atom is -0.467 e. The van der Waals surface area contributed by atoms with Crippen LogP contribution in [0.5, 0.6) is 6.01 Å². The van der Waals surface area contributed by atoms with Gasteiger partial charge < -0.3 is 28.9 Å². The van der Waals surface area contributed by atoms with Crippen molar-refractivity contribution in [1.82, 2.24) is 24.6 Å². The number of piperazine rings is 1. The standard InChI is InChI=1S/C26H35N7O4/c1-18-14-19-17-27-33(21(19)15-20(18)30-10-12-36-13-11-30)23-16-22(28-24(29-23)35-5)31-6-8-32(9-7-31)25(34)37-26(2,3)4/h14-17H,6-13H2,1-5H3. The van der Waals surface area contributed by atoms with Gasteiger partial charge in [0.05, 0.1) is 32.0 Å².